The summed E-state index contributed by atoms with van der Waals surface area (Å²) < 4.78 is 5.11. The van der Waals surface area contributed by atoms with Crippen molar-refractivity contribution in [2.24, 2.45) is 0 Å². The molecule has 4 N–H and O–H groups in total. The SMILES string of the molecule is COc1cc(O)cc(O)c1C(=O)C(=Cc1ccc(O)cc1)C(=O)C=Cc1cccc(O)c1. The number of rotatable bonds is 7. The van der Waals surface area contributed by atoms with Crippen LogP contribution in [0.15, 0.2) is 72.3 Å². The lowest BCUT2D eigenvalue weighted by atomic mass is 9.95. The van der Waals surface area contributed by atoms with Crippen molar-refractivity contribution in [1.29, 1.82) is 0 Å². The van der Waals surface area contributed by atoms with E-state index in [0.29, 0.717) is 11.1 Å². The summed E-state index contributed by atoms with van der Waals surface area (Å²) in [6, 6.07) is 14.2. The zero-order valence-corrected chi connectivity index (χ0v) is 17.0. The maximum Gasteiger partial charge on any atom is 0.204 e. The van der Waals surface area contributed by atoms with Crippen LogP contribution in [0.4, 0.5) is 0 Å². The minimum Gasteiger partial charge on any atom is -0.508 e. The third-order valence-electron chi connectivity index (χ3n) is 4.52. The number of hydrogen-bond acceptors (Lipinski definition) is 7. The molecule has 0 heterocycles. The highest BCUT2D eigenvalue weighted by Gasteiger charge is 2.25. The molecule has 3 rings (SSSR count). The number of carbonyl (C=O) groups is 2. The van der Waals surface area contributed by atoms with Crippen molar-refractivity contribution in [2.75, 3.05) is 7.11 Å². The van der Waals surface area contributed by atoms with Crippen molar-refractivity contribution in [1.82, 2.24) is 0 Å². The van der Waals surface area contributed by atoms with Gasteiger partial charge < -0.3 is 25.2 Å². The molecule has 0 amide bonds. The summed E-state index contributed by atoms with van der Waals surface area (Å²) in [4.78, 5) is 26.3. The molecule has 3 aromatic rings. The molecule has 3 aromatic carbocycles. The van der Waals surface area contributed by atoms with Crippen LogP contribution < -0.4 is 4.74 Å². The third kappa shape index (κ3) is 5.14. The van der Waals surface area contributed by atoms with E-state index >= 15 is 0 Å². The van der Waals surface area contributed by atoms with Gasteiger partial charge in [0, 0.05) is 12.1 Å². The van der Waals surface area contributed by atoms with E-state index in [4.69, 9.17) is 4.74 Å². The number of carbonyl (C=O) groups excluding carboxylic acids is 2. The van der Waals surface area contributed by atoms with Crippen LogP contribution in [0.3, 0.4) is 0 Å². The summed E-state index contributed by atoms with van der Waals surface area (Å²) in [5.41, 5.74) is 0.433. The molecular weight excluding hydrogens is 412 g/mol. The van der Waals surface area contributed by atoms with Gasteiger partial charge in [-0.15, -0.1) is 0 Å². The van der Waals surface area contributed by atoms with Crippen LogP contribution in [0.1, 0.15) is 21.5 Å². The molecule has 0 saturated carbocycles. The Kier molecular flexibility index (Phi) is 6.60. The van der Waals surface area contributed by atoms with Crippen molar-refractivity contribution in [3.8, 4) is 28.7 Å². The third-order valence-corrected chi connectivity index (χ3v) is 4.52. The van der Waals surface area contributed by atoms with Crippen LogP contribution in [0.25, 0.3) is 12.2 Å². The highest BCUT2D eigenvalue weighted by atomic mass is 16.5. The second kappa shape index (κ2) is 9.53. The van der Waals surface area contributed by atoms with Gasteiger partial charge in [-0.3, -0.25) is 9.59 Å². The monoisotopic (exact) mass is 432 g/mol. The molecule has 0 saturated heterocycles. The van der Waals surface area contributed by atoms with Gasteiger partial charge in [0.1, 0.15) is 34.3 Å². The Bertz CT molecular complexity index is 1220. The number of phenols is 4. The van der Waals surface area contributed by atoms with Gasteiger partial charge in [-0.1, -0.05) is 30.3 Å². The molecule has 162 valence electrons. The second-order valence-corrected chi connectivity index (χ2v) is 6.81. The van der Waals surface area contributed by atoms with Gasteiger partial charge in [0.25, 0.3) is 0 Å². The zero-order valence-electron chi connectivity index (χ0n) is 17.0. The zero-order chi connectivity index (χ0) is 23.3. The first kappa shape index (κ1) is 22.2. The number of allylic oxidation sites excluding steroid dienone is 2. The topological polar surface area (TPSA) is 124 Å². The smallest absolute Gasteiger partial charge is 0.204 e. The fraction of sp³-hybridized carbons (Fsp3) is 0.0400. The molecule has 32 heavy (non-hydrogen) atoms. The summed E-state index contributed by atoms with van der Waals surface area (Å²) in [5, 5.41) is 39.0. The maximum absolute atomic E-state index is 13.3. The number of ketones is 2. The molecule has 7 heteroatoms. The van der Waals surface area contributed by atoms with Crippen LogP contribution in [-0.4, -0.2) is 39.1 Å². The van der Waals surface area contributed by atoms with Gasteiger partial charge in [0.2, 0.25) is 5.78 Å². The lowest BCUT2D eigenvalue weighted by molar-refractivity contribution is -0.110. The average Bonchev–Trinajstić information content (AvgIpc) is 2.76. The Balaban J connectivity index is 2.08. The lowest BCUT2D eigenvalue weighted by Crippen LogP contribution is -2.13. The summed E-state index contributed by atoms with van der Waals surface area (Å²) >= 11 is 0. The molecule has 0 aliphatic heterocycles. The molecule has 0 unspecified atom stereocenters. The molecule has 0 atom stereocenters. The number of methoxy groups -OCH3 is 1. The van der Waals surface area contributed by atoms with E-state index < -0.39 is 17.3 Å². The molecule has 0 radical (unpaired) electrons. The fourth-order valence-electron chi connectivity index (χ4n) is 2.99. The van der Waals surface area contributed by atoms with Crippen molar-refractivity contribution < 1.29 is 34.8 Å². The highest BCUT2D eigenvalue weighted by Crippen LogP contribution is 2.35. The second-order valence-electron chi connectivity index (χ2n) is 6.81. The first-order valence-electron chi connectivity index (χ1n) is 9.45. The van der Waals surface area contributed by atoms with E-state index in [9.17, 15) is 30.0 Å². The quantitative estimate of drug-likeness (QED) is 0.192. The van der Waals surface area contributed by atoms with Gasteiger partial charge in [0.15, 0.2) is 5.78 Å². The van der Waals surface area contributed by atoms with Crippen LogP contribution in [0, 0.1) is 0 Å². The largest absolute Gasteiger partial charge is 0.508 e. The first-order valence-corrected chi connectivity index (χ1v) is 9.45. The van der Waals surface area contributed by atoms with E-state index in [1.54, 1.807) is 12.1 Å². The van der Waals surface area contributed by atoms with E-state index in [0.717, 1.165) is 12.1 Å². The van der Waals surface area contributed by atoms with Gasteiger partial charge in [0.05, 0.1) is 12.7 Å². The molecule has 0 aliphatic rings. The molecular formula is C25H20O7. The Morgan fingerprint density at radius 1 is 0.812 bits per heavy atom. The molecule has 0 bridgehead atoms. The number of phenolic OH excluding ortho intramolecular Hbond substituents is 4. The van der Waals surface area contributed by atoms with Crippen molar-refractivity contribution >= 4 is 23.7 Å². The van der Waals surface area contributed by atoms with Gasteiger partial charge >= 0.3 is 0 Å². The molecule has 0 aromatic heterocycles. The maximum atomic E-state index is 13.3. The number of hydrogen-bond donors (Lipinski definition) is 4. The number of benzene rings is 3. The minimum atomic E-state index is -0.821. The molecule has 7 nitrogen and oxygen atoms in total. The summed E-state index contributed by atoms with van der Waals surface area (Å²) in [5.74, 6) is -2.41. The van der Waals surface area contributed by atoms with Crippen LogP contribution in [0.2, 0.25) is 0 Å². The Morgan fingerprint density at radius 2 is 1.53 bits per heavy atom. The number of Topliss-reactive ketones (excluding diaryl/α,β-unsaturated/α-hetero) is 1. The fourth-order valence-corrected chi connectivity index (χ4v) is 2.99. The van der Waals surface area contributed by atoms with E-state index in [1.165, 1.54) is 61.7 Å². The first-order chi connectivity index (χ1) is 15.3. The number of ether oxygens (including phenoxy) is 1. The van der Waals surface area contributed by atoms with Crippen molar-refractivity contribution in [2.45, 2.75) is 0 Å². The van der Waals surface area contributed by atoms with Gasteiger partial charge in [-0.2, -0.15) is 0 Å². The van der Waals surface area contributed by atoms with E-state index in [1.807, 2.05) is 0 Å². The summed E-state index contributed by atoms with van der Waals surface area (Å²) in [6.07, 6.45) is 3.93. The standard InChI is InChI=1S/C25H20O7/c1-32-23-14-19(28)13-22(30)24(23)25(31)20(12-16-5-8-17(26)9-6-16)21(29)10-7-15-3-2-4-18(27)11-15/h2-14,26-28,30H,1H3. The van der Waals surface area contributed by atoms with Crippen LogP contribution >= 0.6 is 0 Å². The van der Waals surface area contributed by atoms with Crippen molar-refractivity contribution in [3.63, 3.8) is 0 Å². The Hall–Kier alpha value is -4.52. The van der Waals surface area contributed by atoms with E-state index in [2.05, 4.69) is 0 Å². The molecule has 0 aliphatic carbocycles. The number of aromatic hydroxyl groups is 4. The molecule has 0 spiro atoms. The normalized spacial score (nSPS) is 11.5. The predicted molar refractivity (Wildman–Crippen MR) is 119 cm³/mol. The highest BCUT2D eigenvalue weighted by molar-refractivity contribution is 6.33. The Labute approximate surface area is 183 Å². The lowest BCUT2D eigenvalue weighted by Gasteiger charge is -2.11. The van der Waals surface area contributed by atoms with E-state index in [-0.39, 0.29) is 34.1 Å². The Morgan fingerprint density at radius 3 is 2.19 bits per heavy atom. The van der Waals surface area contributed by atoms with Gasteiger partial charge in [-0.05, 0) is 47.5 Å². The predicted octanol–water partition coefficient (Wildman–Crippen LogP) is 4.07. The van der Waals surface area contributed by atoms with Crippen LogP contribution in [-0.2, 0) is 4.79 Å². The minimum absolute atomic E-state index is 0.0167. The van der Waals surface area contributed by atoms with Gasteiger partial charge in [-0.25, -0.2) is 0 Å². The average molecular weight is 432 g/mol. The summed E-state index contributed by atoms with van der Waals surface area (Å²) in [7, 11) is 1.26. The molecule has 0 fully saturated rings. The van der Waals surface area contributed by atoms with Crippen molar-refractivity contribution in [3.05, 3.63) is 89.0 Å². The van der Waals surface area contributed by atoms with Crippen LogP contribution in [0.5, 0.6) is 28.7 Å². The summed E-state index contributed by atoms with van der Waals surface area (Å²) in [6.45, 7) is 0.